The Kier molecular flexibility index (Phi) is 33.1. The van der Waals surface area contributed by atoms with Gasteiger partial charge in [-0.3, -0.25) is 13.8 Å². The number of likely N-dealkylation sites (N-methyl/N-ethyl adjacent to an activating group) is 1. The normalized spacial score (nSPS) is 14.1. The van der Waals surface area contributed by atoms with Crippen LogP contribution in [0.15, 0.2) is 24.5 Å². The highest BCUT2D eigenvalue weighted by Gasteiger charge is 2.26. The monoisotopic (exact) mass is 717 g/mol. The molecule has 0 aromatic carbocycles. The van der Waals surface area contributed by atoms with Crippen LogP contribution in [-0.4, -0.2) is 69.0 Å². The number of nitrogens with zero attached hydrogens (tertiary/aromatic N) is 1. The predicted octanol–water partition coefficient (Wildman–Crippen LogP) is 11.6. The van der Waals surface area contributed by atoms with E-state index in [1.165, 1.54) is 109 Å². The van der Waals surface area contributed by atoms with Gasteiger partial charge < -0.3 is 18.9 Å². The number of phosphoric acid groups is 1. The van der Waals surface area contributed by atoms with E-state index in [2.05, 4.69) is 26.0 Å². The number of hydrogen-bond donors (Lipinski definition) is 1. The highest BCUT2D eigenvalue weighted by atomic mass is 31.2. The predicted molar refractivity (Wildman–Crippen MR) is 206 cm³/mol. The lowest BCUT2D eigenvalue weighted by atomic mass is 10.1. The first-order chi connectivity index (χ1) is 23.6. The van der Waals surface area contributed by atoms with Crippen LogP contribution in [0.4, 0.5) is 0 Å². The molecular formula is C40H79NO7P+. The second-order valence-electron chi connectivity index (χ2n) is 14.7. The molecule has 0 spiro atoms. The molecule has 0 aliphatic rings. The van der Waals surface area contributed by atoms with Gasteiger partial charge in [-0.1, -0.05) is 135 Å². The van der Waals surface area contributed by atoms with Gasteiger partial charge in [0, 0.05) is 6.42 Å². The Morgan fingerprint density at radius 1 is 0.633 bits per heavy atom. The molecule has 49 heavy (non-hydrogen) atoms. The summed E-state index contributed by atoms with van der Waals surface area (Å²) < 4.78 is 34.6. The molecule has 0 aromatic rings. The van der Waals surface area contributed by atoms with Gasteiger partial charge in [-0.05, 0) is 51.0 Å². The third-order valence-corrected chi connectivity index (χ3v) is 9.56. The third kappa shape index (κ3) is 37.9. The highest BCUT2D eigenvalue weighted by Crippen LogP contribution is 2.43. The van der Waals surface area contributed by atoms with Gasteiger partial charge in [0.15, 0.2) is 6.10 Å². The molecule has 1 unspecified atom stereocenters. The molecule has 0 fully saturated rings. The van der Waals surface area contributed by atoms with Crippen molar-refractivity contribution in [3.05, 3.63) is 24.5 Å². The molecule has 0 radical (unpaired) electrons. The molecule has 8 nitrogen and oxygen atoms in total. The number of ether oxygens (including phenoxy) is 2. The summed E-state index contributed by atoms with van der Waals surface area (Å²) in [5.41, 5.74) is 0. The molecule has 0 aliphatic carbocycles. The summed E-state index contributed by atoms with van der Waals surface area (Å²) in [7, 11) is 1.63. The molecule has 0 rings (SSSR count). The van der Waals surface area contributed by atoms with Crippen molar-refractivity contribution in [3.8, 4) is 0 Å². The van der Waals surface area contributed by atoms with E-state index in [4.69, 9.17) is 18.5 Å². The fraction of sp³-hybridized carbons (Fsp3) is 0.875. The van der Waals surface area contributed by atoms with Crippen molar-refractivity contribution in [3.63, 3.8) is 0 Å². The number of esters is 1. The van der Waals surface area contributed by atoms with E-state index < -0.39 is 13.9 Å². The quantitative estimate of drug-likeness (QED) is 0.0171. The number of phosphoric ester groups is 1. The van der Waals surface area contributed by atoms with Gasteiger partial charge in [0.1, 0.15) is 19.8 Å². The number of rotatable bonds is 37. The molecule has 1 N–H and O–H groups in total. The Labute approximate surface area is 303 Å². The first-order valence-corrected chi connectivity index (χ1v) is 21.6. The maximum atomic E-state index is 12.6. The summed E-state index contributed by atoms with van der Waals surface area (Å²) in [6.45, 7) is 4.91. The molecule has 0 saturated carbocycles. The molecule has 9 heteroatoms. The Morgan fingerprint density at radius 3 is 1.57 bits per heavy atom. The van der Waals surface area contributed by atoms with Crippen LogP contribution in [0.3, 0.4) is 0 Å². The zero-order valence-electron chi connectivity index (χ0n) is 32.7. The first-order valence-electron chi connectivity index (χ1n) is 20.1. The van der Waals surface area contributed by atoms with E-state index in [0.717, 1.165) is 44.9 Å². The Bertz CT molecular complexity index is 843. The molecule has 0 heterocycles. The maximum absolute atomic E-state index is 12.6. The van der Waals surface area contributed by atoms with E-state index in [-0.39, 0.29) is 25.8 Å². The van der Waals surface area contributed by atoms with Gasteiger partial charge >= 0.3 is 13.8 Å². The minimum atomic E-state index is -4.28. The Balaban J connectivity index is 4.34. The van der Waals surface area contributed by atoms with Crippen molar-refractivity contribution in [2.75, 3.05) is 47.5 Å². The standard InChI is InChI=1S/C40H78NO7P/c1-6-8-10-12-14-16-18-20-21-22-23-25-27-29-31-33-40(42)48-39(38-47-49(43,44)46-36-34-41(3,4)5)37-45-35-32-30-28-26-24-19-17-15-13-11-9-7-2/h20-21,32,35,39H,6-19,22-31,33-34,36-38H2,1-5H3/p+1/b21-20-,35-32-/t39-/m1/s1. The van der Waals surface area contributed by atoms with Crippen LogP contribution in [0.5, 0.6) is 0 Å². The highest BCUT2D eigenvalue weighted by molar-refractivity contribution is 7.47. The second-order valence-corrected chi connectivity index (χ2v) is 16.2. The smallest absolute Gasteiger partial charge is 0.472 e. The molecular weight excluding hydrogens is 637 g/mol. The van der Waals surface area contributed by atoms with E-state index in [0.29, 0.717) is 17.4 Å². The number of hydrogen-bond acceptors (Lipinski definition) is 6. The van der Waals surface area contributed by atoms with Gasteiger partial charge in [0.05, 0.1) is 34.0 Å². The molecule has 0 aromatic heterocycles. The largest absolute Gasteiger partial charge is 0.498 e. The van der Waals surface area contributed by atoms with Crippen LogP contribution in [0.1, 0.15) is 174 Å². The molecule has 0 saturated heterocycles. The zero-order valence-corrected chi connectivity index (χ0v) is 33.6. The minimum absolute atomic E-state index is 0.0471. The van der Waals surface area contributed by atoms with Crippen molar-refractivity contribution in [2.45, 2.75) is 180 Å². The summed E-state index contributed by atoms with van der Waals surface area (Å²) in [4.78, 5) is 22.8. The molecule has 2 atom stereocenters. The summed E-state index contributed by atoms with van der Waals surface area (Å²) in [5, 5.41) is 0. The maximum Gasteiger partial charge on any atom is 0.472 e. The van der Waals surface area contributed by atoms with E-state index in [9.17, 15) is 14.3 Å². The van der Waals surface area contributed by atoms with Crippen LogP contribution >= 0.6 is 7.82 Å². The topological polar surface area (TPSA) is 91.3 Å². The van der Waals surface area contributed by atoms with Crippen LogP contribution in [0.2, 0.25) is 0 Å². The SMILES string of the molecule is CCCCCCCC/C=C\CCCCCCCC(=O)O[C@H](CO/C=C\CCCCCCCCCCCC)COP(=O)(O)OCC[N+](C)(C)C. The second kappa shape index (κ2) is 33.9. The molecule has 0 amide bonds. The lowest BCUT2D eigenvalue weighted by Crippen LogP contribution is -2.37. The molecule has 290 valence electrons. The fourth-order valence-electron chi connectivity index (χ4n) is 5.39. The van der Waals surface area contributed by atoms with Gasteiger partial charge in [-0.15, -0.1) is 0 Å². The molecule has 0 bridgehead atoms. The average Bonchev–Trinajstić information content (AvgIpc) is 3.04. The first kappa shape index (κ1) is 47.8. The summed E-state index contributed by atoms with van der Waals surface area (Å²) >= 11 is 0. The van der Waals surface area contributed by atoms with E-state index in [1.54, 1.807) is 6.26 Å². The number of allylic oxidation sites excluding steroid dienone is 3. The van der Waals surface area contributed by atoms with Gasteiger partial charge in [0.2, 0.25) is 0 Å². The summed E-state index contributed by atoms with van der Waals surface area (Å²) in [5.74, 6) is -0.345. The van der Waals surface area contributed by atoms with Gasteiger partial charge in [-0.2, -0.15) is 0 Å². The molecule has 0 aliphatic heterocycles. The van der Waals surface area contributed by atoms with Crippen molar-refractivity contribution in [2.24, 2.45) is 0 Å². The van der Waals surface area contributed by atoms with Crippen molar-refractivity contribution >= 4 is 13.8 Å². The summed E-state index contributed by atoms with van der Waals surface area (Å²) in [6, 6.07) is 0. The zero-order chi connectivity index (χ0) is 36.3. The lowest BCUT2D eigenvalue weighted by molar-refractivity contribution is -0.870. The lowest BCUT2D eigenvalue weighted by Gasteiger charge is -2.24. The van der Waals surface area contributed by atoms with Gasteiger partial charge in [-0.25, -0.2) is 4.57 Å². The van der Waals surface area contributed by atoms with Crippen molar-refractivity contribution < 1.29 is 37.3 Å². The third-order valence-electron chi connectivity index (χ3n) is 8.58. The van der Waals surface area contributed by atoms with Gasteiger partial charge in [0.25, 0.3) is 0 Å². The number of unbranched alkanes of at least 4 members (excludes halogenated alkanes) is 21. The fourth-order valence-corrected chi connectivity index (χ4v) is 6.14. The van der Waals surface area contributed by atoms with E-state index >= 15 is 0 Å². The van der Waals surface area contributed by atoms with E-state index in [1.807, 2.05) is 27.2 Å². The Hall–Kier alpha value is -1.18. The van der Waals surface area contributed by atoms with Crippen LogP contribution in [0.25, 0.3) is 0 Å². The minimum Gasteiger partial charge on any atom is -0.498 e. The average molecular weight is 717 g/mol. The van der Waals surface area contributed by atoms with Crippen molar-refractivity contribution in [1.29, 1.82) is 0 Å². The van der Waals surface area contributed by atoms with Crippen molar-refractivity contribution in [1.82, 2.24) is 0 Å². The number of quaternary nitrogens is 1. The summed E-state index contributed by atoms with van der Waals surface area (Å²) in [6.07, 6.45) is 37.2. The number of carbonyl (C=O) groups excluding carboxylic acids is 1. The van der Waals surface area contributed by atoms with Crippen LogP contribution < -0.4 is 0 Å². The Morgan fingerprint density at radius 2 is 1.08 bits per heavy atom. The number of carbonyl (C=O) groups is 1. The van der Waals surface area contributed by atoms with Crippen LogP contribution in [0, 0.1) is 0 Å². The van der Waals surface area contributed by atoms with Crippen LogP contribution in [-0.2, 0) is 27.9 Å².